The van der Waals surface area contributed by atoms with Gasteiger partial charge in [0.1, 0.15) is 5.82 Å². The van der Waals surface area contributed by atoms with Crippen LogP contribution in [0.3, 0.4) is 0 Å². The Labute approximate surface area is 133 Å². The van der Waals surface area contributed by atoms with Crippen molar-refractivity contribution in [2.75, 3.05) is 7.05 Å². The molecule has 100 valence electrons. The Hall–Kier alpha value is -0.420. The smallest absolute Gasteiger partial charge is 0.142 e. The van der Waals surface area contributed by atoms with Crippen LogP contribution in [0, 0.1) is 5.82 Å². The summed E-state index contributed by atoms with van der Waals surface area (Å²) in [4.78, 5) is 0. The lowest BCUT2D eigenvalue weighted by molar-refractivity contribution is 0.617. The first-order valence-electron chi connectivity index (χ1n) is 5.60. The molecular weight excluding hydrogens is 396 g/mol. The minimum Gasteiger partial charge on any atom is -0.309 e. The van der Waals surface area contributed by atoms with Crippen LogP contribution in [0.1, 0.15) is 17.2 Å². The first kappa shape index (κ1) is 15.0. The number of benzene rings is 2. The molecular formula is C14H11Br2ClFN. The summed E-state index contributed by atoms with van der Waals surface area (Å²) in [6, 6.07) is 10.5. The second-order valence-corrected chi connectivity index (χ2v) is 6.18. The zero-order valence-corrected chi connectivity index (χ0v) is 14.0. The molecule has 0 radical (unpaired) electrons. The molecule has 0 aliphatic rings. The molecule has 0 aliphatic heterocycles. The van der Waals surface area contributed by atoms with Crippen molar-refractivity contribution >= 4 is 43.5 Å². The molecule has 2 aromatic carbocycles. The Morgan fingerprint density at radius 1 is 1.16 bits per heavy atom. The average Bonchev–Trinajstić information content (AvgIpc) is 2.39. The maximum Gasteiger partial charge on any atom is 0.142 e. The molecule has 1 N–H and O–H groups in total. The molecule has 0 amide bonds. The van der Waals surface area contributed by atoms with E-state index in [1.807, 2.05) is 31.3 Å². The van der Waals surface area contributed by atoms with Crippen molar-refractivity contribution in [3.8, 4) is 0 Å². The predicted octanol–water partition coefficient (Wildman–Crippen LogP) is 5.31. The monoisotopic (exact) mass is 405 g/mol. The Morgan fingerprint density at radius 2 is 1.89 bits per heavy atom. The van der Waals surface area contributed by atoms with Crippen molar-refractivity contribution in [1.82, 2.24) is 5.32 Å². The van der Waals surface area contributed by atoms with E-state index >= 15 is 0 Å². The Bertz CT molecular complexity index is 602. The molecule has 0 saturated heterocycles. The molecule has 0 saturated carbocycles. The minimum atomic E-state index is -0.412. The third kappa shape index (κ3) is 3.19. The van der Waals surface area contributed by atoms with Crippen LogP contribution in [0.5, 0.6) is 0 Å². The molecule has 0 spiro atoms. The first-order valence-corrected chi connectivity index (χ1v) is 7.57. The van der Waals surface area contributed by atoms with E-state index in [9.17, 15) is 4.39 Å². The zero-order chi connectivity index (χ0) is 14.0. The SMILES string of the molecule is CNC(c1cc(Br)ccc1Br)c1cccc(F)c1Cl. The van der Waals surface area contributed by atoms with Gasteiger partial charge in [0.05, 0.1) is 11.1 Å². The fraction of sp³-hybridized carbons (Fsp3) is 0.143. The van der Waals surface area contributed by atoms with Crippen LogP contribution in [0.4, 0.5) is 4.39 Å². The van der Waals surface area contributed by atoms with E-state index in [4.69, 9.17) is 11.6 Å². The van der Waals surface area contributed by atoms with Gasteiger partial charge in [-0.15, -0.1) is 0 Å². The van der Waals surface area contributed by atoms with Crippen LogP contribution in [0.25, 0.3) is 0 Å². The van der Waals surface area contributed by atoms with Crippen LogP contribution in [0.2, 0.25) is 5.02 Å². The topological polar surface area (TPSA) is 12.0 Å². The van der Waals surface area contributed by atoms with Gasteiger partial charge in [0.2, 0.25) is 0 Å². The van der Waals surface area contributed by atoms with Gasteiger partial charge in [-0.05, 0) is 42.4 Å². The lowest BCUT2D eigenvalue weighted by Crippen LogP contribution is -2.19. The summed E-state index contributed by atoms with van der Waals surface area (Å²) in [5.74, 6) is -0.412. The summed E-state index contributed by atoms with van der Waals surface area (Å²) in [5, 5.41) is 3.32. The van der Waals surface area contributed by atoms with Crippen molar-refractivity contribution in [3.05, 3.63) is 67.3 Å². The highest BCUT2D eigenvalue weighted by Gasteiger charge is 2.19. The highest BCUT2D eigenvalue weighted by Crippen LogP contribution is 2.34. The van der Waals surface area contributed by atoms with E-state index in [1.54, 1.807) is 6.07 Å². The summed E-state index contributed by atoms with van der Waals surface area (Å²) in [6.07, 6.45) is 0. The third-order valence-corrected chi connectivity index (χ3v) is 4.46. The summed E-state index contributed by atoms with van der Waals surface area (Å²) < 4.78 is 15.5. The molecule has 0 aliphatic carbocycles. The van der Waals surface area contributed by atoms with Crippen molar-refractivity contribution in [1.29, 1.82) is 0 Å². The molecule has 1 atom stereocenters. The molecule has 0 aromatic heterocycles. The first-order chi connectivity index (χ1) is 9.04. The number of hydrogen-bond acceptors (Lipinski definition) is 1. The Kier molecular flexibility index (Phi) is 5.01. The van der Waals surface area contributed by atoms with E-state index in [0.29, 0.717) is 5.56 Å². The van der Waals surface area contributed by atoms with Crippen LogP contribution in [-0.4, -0.2) is 7.05 Å². The molecule has 0 heterocycles. The van der Waals surface area contributed by atoms with Crippen molar-refractivity contribution in [2.45, 2.75) is 6.04 Å². The van der Waals surface area contributed by atoms with Gasteiger partial charge in [-0.25, -0.2) is 4.39 Å². The van der Waals surface area contributed by atoms with Gasteiger partial charge in [-0.3, -0.25) is 0 Å². The van der Waals surface area contributed by atoms with Crippen LogP contribution < -0.4 is 5.32 Å². The van der Waals surface area contributed by atoms with E-state index in [-0.39, 0.29) is 11.1 Å². The van der Waals surface area contributed by atoms with Gasteiger partial charge >= 0.3 is 0 Å². The second-order valence-electron chi connectivity index (χ2n) is 4.03. The number of halogens is 4. The van der Waals surface area contributed by atoms with Gasteiger partial charge < -0.3 is 5.32 Å². The number of hydrogen-bond donors (Lipinski definition) is 1. The van der Waals surface area contributed by atoms with Gasteiger partial charge in [-0.2, -0.15) is 0 Å². The quantitative estimate of drug-likeness (QED) is 0.727. The number of nitrogens with one attached hydrogen (secondary N) is 1. The molecule has 2 rings (SSSR count). The maximum atomic E-state index is 13.6. The van der Waals surface area contributed by atoms with Crippen molar-refractivity contribution in [3.63, 3.8) is 0 Å². The predicted molar refractivity (Wildman–Crippen MR) is 84.2 cm³/mol. The normalized spacial score (nSPS) is 12.5. The van der Waals surface area contributed by atoms with Crippen LogP contribution in [-0.2, 0) is 0 Å². The molecule has 2 aromatic rings. The second kappa shape index (κ2) is 6.35. The van der Waals surface area contributed by atoms with E-state index in [1.165, 1.54) is 6.07 Å². The summed E-state index contributed by atoms with van der Waals surface area (Å²) in [7, 11) is 1.82. The van der Waals surface area contributed by atoms with Gasteiger partial charge in [0.25, 0.3) is 0 Å². The zero-order valence-electron chi connectivity index (χ0n) is 10.1. The van der Waals surface area contributed by atoms with E-state index < -0.39 is 5.82 Å². The lowest BCUT2D eigenvalue weighted by Gasteiger charge is -2.20. The number of rotatable bonds is 3. The summed E-state index contributed by atoms with van der Waals surface area (Å²) in [5.41, 5.74) is 1.70. The molecule has 0 bridgehead atoms. The fourth-order valence-corrected chi connectivity index (χ4v) is 3.05. The van der Waals surface area contributed by atoms with Crippen LogP contribution in [0.15, 0.2) is 45.3 Å². The van der Waals surface area contributed by atoms with Crippen LogP contribution >= 0.6 is 43.5 Å². The molecule has 0 fully saturated rings. The summed E-state index contributed by atoms with van der Waals surface area (Å²) in [6.45, 7) is 0. The van der Waals surface area contributed by atoms with E-state index in [2.05, 4.69) is 37.2 Å². The maximum absolute atomic E-state index is 13.6. The van der Waals surface area contributed by atoms with Gasteiger partial charge in [0, 0.05) is 8.95 Å². The standard InChI is InChI=1S/C14H11Br2ClFN/c1-19-14(9-3-2-4-12(18)13(9)17)10-7-8(15)5-6-11(10)16/h2-7,14,19H,1H3. The highest BCUT2D eigenvalue weighted by atomic mass is 79.9. The fourth-order valence-electron chi connectivity index (χ4n) is 1.96. The largest absolute Gasteiger partial charge is 0.309 e. The third-order valence-electron chi connectivity index (χ3n) is 2.85. The average molecular weight is 408 g/mol. The van der Waals surface area contributed by atoms with Gasteiger partial charge in [-0.1, -0.05) is 55.6 Å². The Balaban J connectivity index is 2.56. The van der Waals surface area contributed by atoms with Gasteiger partial charge in [0.15, 0.2) is 0 Å². The van der Waals surface area contributed by atoms with Crippen molar-refractivity contribution in [2.24, 2.45) is 0 Å². The highest BCUT2D eigenvalue weighted by molar-refractivity contribution is 9.11. The minimum absolute atomic E-state index is 0.147. The molecule has 5 heteroatoms. The lowest BCUT2D eigenvalue weighted by atomic mass is 9.99. The molecule has 19 heavy (non-hydrogen) atoms. The van der Waals surface area contributed by atoms with E-state index in [0.717, 1.165) is 14.5 Å². The summed E-state index contributed by atoms with van der Waals surface area (Å²) >= 11 is 13.0. The molecule has 1 nitrogen and oxygen atoms in total. The molecule has 1 unspecified atom stereocenters. The van der Waals surface area contributed by atoms with Crippen molar-refractivity contribution < 1.29 is 4.39 Å². The Morgan fingerprint density at radius 3 is 2.58 bits per heavy atom.